The molecule has 1 unspecified atom stereocenters. The van der Waals surface area contributed by atoms with Gasteiger partial charge in [-0.25, -0.2) is 0 Å². The lowest BCUT2D eigenvalue weighted by atomic mass is 10.2. The van der Waals surface area contributed by atoms with Crippen LogP contribution in [-0.2, 0) is 12.3 Å². The number of benzene rings is 2. The third-order valence-corrected chi connectivity index (χ3v) is 5.67. The van der Waals surface area contributed by atoms with E-state index in [1.54, 1.807) is 11.8 Å². The van der Waals surface area contributed by atoms with Gasteiger partial charge in [0.25, 0.3) is 0 Å². The number of aryl methyl sites for hydroxylation is 1. The van der Waals surface area contributed by atoms with Crippen LogP contribution in [0.1, 0.15) is 30.0 Å². The van der Waals surface area contributed by atoms with Gasteiger partial charge in [-0.15, -0.1) is 16.8 Å². The second-order valence-corrected chi connectivity index (χ2v) is 8.04. The first-order valence-corrected chi connectivity index (χ1v) is 10.5. The van der Waals surface area contributed by atoms with Gasteiger partial charge < -0.3 is 4.74 Å². The molecule has 4 nitrogen and oxygen atoms in total. The number of ether oxygens (including phenoxy) is 1. The summed E-state index contributed by atoms with van der Waals surface area (Å²) in [6.45, 7) is 8.55. The first-order valence-electron chi connectivity index (χ1n) is 8.72. The second kappa shape index (κ2) is 9.24. The lowest BCUT2D eigenvalue weighted by molar-refractivity contribution is 0.209. The van der Waals surface area contributed by atoms with Crippen molar-refractivity contribution in [2.45, 2.75) is 37.4 Å². The molecule has 140 valence electrons. The smallest absolute Gasteiger partial charge is 0.191 e. The van der Waals surface area contributed by atoms with Crippen LogP contribution in [0.15, 0.2) is 70.8 Å². The van der Waals surface area contributed by atoms with E-state index >= 15 is 0 Å². The van der Waals surface area contributed by atoms with Gasteiger partial charge in [0.1, 0.15) is 5.75 Å². The van der Waals surface area contributed by atoms with Gasteiger partial charge >= 0.3 is 0 Å². The molecule has 0 saturated carbocycles. The molecule has 2 aromatic carbocycles. The summed E-state index contributed by atoms with van der Waals surface area (Å²) in [4.78, 5) is 0. The van der Waals surface area contributed by atoms with E-state index in [2.05, 4.69) is 49.4 Å². The monoisotopic (exact) mass is 443 g/mol. The minimum absolute atomic E-state index is 0.208. The molecule has 27 heavy (non-hydrogen) atoms. The molecule has 3 aromatic rings. The van der Waals surface area contributed by atoms with E-state index in [1.807, 2.05) is 56.3 Å². The fourth-order valence-corrected chi connectivity index (χ4v) is 3.84. The van der Waals surface area contributed by atoms with E-state index in [-0.39, 0.29) is 6.10 Å². The van der Waals surface area contributed by atoms with E-state index in [4.69, 9.17) is 4.74 Å². The maximum atomic E-state index is 6.14. The number of rotatable bonds is 8. The molecule has 0 saturated heterocycles. The van der Waals surface area contributed by atoms with Gasteiger partial charge in [-0.3, -0.25) is 4.57 Å². The Labute approximate surface area is 172 Å². The number of hydrogen-bond acceptors (Lipinski definition) is 4. The zero-order valence-corrected chi connectivity index (χ0v) is 17.8. The quantitative estimate of drug-likeness (QED) is 0.317. The van der Waals surface area contributed by atoms with Crippen molar-refractivity contribution >= 4 is 27.7 Å². The highest BCUT2D eigenvalue weighted by atomic mass is 79.9. The van der Waals surface area contributed by atoms with Crippen LogP contribution in [0.2, 0.25) is 0 Å². The number of allylic oxidation sites excluding steroid dienone is 1. The van der Waals surface area contributed by atoms with E-state index in [0.29, 0.717) is 6.54 Å². The molecule has 0 aliphatic heterocycles. The maximum absolute atomic E-state index is 6.14. The zero-order chi connectivity index (χ0) is 19.2. The summed E-state index contributed by atoms with van der Waals surface area (Å²) in [5.41, 5.74) is 2.34. The van der Waals surface area contributed by atoms with Crippen molar-refractivity contribution in [3.05, 3.63) is 82.6 Å². The summed E-state index contributed by atoms with van der Waals surface area (Å²) in [5, 5.41) is 9.66. The predicted octanol–water partition coefficient (Wildman–Crippen LogP) is 5.97. The molecule has 0 N–H and O–H groups in total. The van der Waals surface area contributed by atoms with Crippen LogP contribution >= 0.6 is 27.7 Å². The molecule has 3 rings (SSSR count). The number of aromatic nitrogens is 3. The minimum atomic E-state index is -0.208. The molecule has 1 heterocycles. The van der Waals surface area contributed by atoms with E-state index in [0.717, 1.165) is 32.5 Å². The summed E-state index contributed by atoms with van der Waals surface area (Å²) in [6, 6.07) is 16.3. The molecule has 6 heteroatoms. The lowest BCUT2D eigenvalue weighted by Gasteiger charge is -2.17. The topological polar surface area (TPSA) is 39.9 Å². The number of para-hydroxylation sites is 1. The Bertz CT molecular complexity index is 908. The minimum Gasteiger partial charge on any atom is -0.482 e. The summed E-state index contributed by atoms with van der Waals surface area (Å²) in [5.74, 6) is 2.49. The Morgan fingerprint density at radius 1 is 1.19 bits per heavy atom. The highest BCUT2D eigenvalue weighted by Crippen LogP contribution is 2.28. The number of hydrogen-bond donors (Lipinski definition) is 0. The maximum Gasteiger partial charge on any atom is 0.191 e. The summed E-state index contributed by atoms with van der Waals surface area (Å²) >= 11 is 5.13. The SMILES string of the molecule is C=CCn1c(SCc2ccc(Br)cc2)nnc1C(C)Oc1ccccc1C. The highest BCUT2D eigenvalue weighted by molar-refractivity contribution is 9.10. The van der Waals surface area contributed by atoms with Gasteiger partial charge in [0.05, 0.1) is 0 Å². The van der Waals surface area contributed by atoms with Crippen molar-refractivity contribution < 1.29 is 4.74 Å². The van der Waals surface area contributed by atoms with Gasteiger partial charge in [-0.1, -0.05) is 64.1 Å². The van der Waals surface area contributed by atoms with E-state index in [9.17, 15) is 0 Å². The third kappa shape index (κ3) is 5.02. The van der Waals surface area contributed by atoms with Gasteiger partial charge in [0.15, 0.2) is 17.1 Å². The van der Waals surface area contributed by atoms with E-state index in [1.165, 1.54) is 5.56 Å². The third-order valence-electron chi connectivity index (χ3n) is 4.10. The molecule has 0 amide bonds. The van der Waals surface area contributed by atoms with Gasteiger partial charge in [0, 0.05) is 16.8 Å². The van der Waals surface area contributed by atoms with Crippen molar-refractivity contribution in [2.75, 3.05) is 0 Å². The van der Waals surface area contributed by atoms with Crippen molar-refractivity contribution in [1.82, 2.24) is 14.8 Å². The van der Waals surface area contributed by atoms with Crippen molar-refractivity contribution in [1.29, 1.82) is 0 Å². The van der Waals surface area contributed by atoms with Crippen LogP contribution < -0.4 is 4.74 Å². The Morgan fingerprint density at radius 2 is 1.93 bits per heavy atom. The van der Waals surface area contributed by atoms with Crippen molar-refractivity contribution in [3.63, 3.8) is 0 Å². The Hall–Kier alpha value is -2.05. The molecular formula is C21H22BrN3OS. The first-order chi connectivity index (χ1) is 13.1. The highest BCUT2D eigenvalue weighted by Gasteiger charge is 2.19. The molecule has 1 atom stereocenters. The van der Waals surface area contributed by atoms with E-state index < -0.39 is 0 Å². The second-order valence-electron chi connectivity index (χ2n) is 6.18. The van der Waals surface area contributed by atoms with Crippen LogP contribution in [-0.4, -0.2) is 14.8 Å². The Morgan fingerprint density at radius 3 is 2.63 bits per heavy atom. The largest absolute Gasteiger partial charge is 0.482 e. The fourth-order valence-electron chi connectivity index (χ4n) is 2.67. The number of thioether (sulfide) groups is 1. The van der Waals surface area contributed by atoms with Crippen molar-refractivity contribution in [3.8, 4) is 5.75 Å². The van der Waals surface area contributed by atoms with Crippen LogP contribution in [0.3, 0.4) is 0 Å². The standard InChI is InChI=1S/C21H22BrN3OS/c1-4-13-25-20(16(3)26-19-8-6-5-7-15(19)2)23-24-21(25)27-14-17-9-11-18(22)12-10-17/h4-12,16H,1,13-14H2,2-3H3. The summed E-state index contributed by atoms with van der Waals surface area (Å²) < 4.78 is 9.28. The molecule has 0 aliphatic rings. The summed E-state index contributed by atoms with van der Waals surface area (Å²) in [6.07, 6.45) is 1.65. The average molecular weight is 444 g/mol. The number of halogens is 1. The normalized spacial score (nSPS) is 12.0. The van der Waals surface area contributed by atoms with Crippen LogP contribution in [0.25, 0.3) is 0 Å². The van der Waals surface area contributed by atoms with Gasteiger partial charge in [-0.2, -0.15) is 0 Å². The number of nitrogens with zero attached hydrogens (tertiary/aromatic N) is 3. The molecular weight excluding hydrogens is 422 g/mol. The Balaban J connectivity index is 1.76. The molecule has 0 fully saturated rings. The van der Waals surface area contributed by atoms with Gasteiger partial charge in [0.2, 0.25) is 0 Å². The molecule has 0 spiro atoms. The molecule has 1 aromatic heterocycles. The lowest BCUT2D eigenvalue weighted by Crippen LogP contribution is -2.12. The van der Waals surface area contributed by atoms with Gasteiger partial charge in [-0.05, 0) is 43.2 Å². The fraction of sp³-hybridized carbons (Fsp3) is 0.238. The summed E-state index contributed by atoms with van der Waals surface area (Å²) in [7, 11) is 0. The van der Waals surface area contributed by atoms with Crippen molar-refractivity contribution in [2.24, 2.45) is 0 Å². The first kappa shape index (κ1) is 19.7. The predicted molar refractivity (Wildman–Crippen MR) is 114 cm³/mol. The molecule has 0 radical (unpaired) electrons. The Kier molecular flexibility index (Phi) is 6.74. The molecule has 0 aliphatic carbocycles. The molecule has 0 bridgehead atoms. The van der Waals surface area contributed by atoms with Crippen LogP contribution in [0, 0.1) is 6.92 Å². The van der Waals surface area contributed by atoms with Crippen LogP contribution in [0.4, 0.5) is 0 Å². The average Bonchev–Trinajstić information content (AvgIpc) is 3.06. The zero-order valence-electron chi connectivity index (χ0n) is 15.4. The van der Waals surface area contributed by atoms with Crippen LogP contribution in [0.5, 0.6) is 5.75 Å².